The maximum absolute atomic E-state index is 12.2. The number of rotatable bonds is 5. The molecule has 5 heteroatoms. The summed E-state index contributed by atoms with van der Waals surface area (Å²) in [6.07, 6.45) is 3.26. The molecule has 0 aliphatic rings. The van der Waals surface area contributed by atoms with Gasteiger partial charge in [0, 0.05) is 35.3 Å². The number of anilines is 2. The van der Waals surface area contributed by atoms with E-state index in [1.54, 1.807) is 18.2 Å². The average Bonchev–Trinajstić information content (AvgIpc) is 2.66. The van der Waals surface area contributed by atoms with E-state index < -0.39 is 0 Å². The lowest BCUT2D eigenvalue weighted by Crippen LogP contribution is -2.26. The second kappa shape index (κ2) is 8.23. The third kappa shape index (κ3) is 4.86. The van der Waals surface area contributed by atoms with Crippen LogP contribution in [0.2, 0.25) is 5.02 Å². The number of nitrogens with one attached hydrogen (secondary N) is 1. The minimum Gasteiger partial charge on any atom is -0.357 e. The SMILES string of the molecule is CC(C)N(C)c1ccc2cc(NC(=O)/C=C/c3ccc(Cl)cc3)ccc2n1. The van der Waals surface area contributed by atoms with Gasteiger partial charge in [-0.3, -0.25) is 4.79 Å². The van der Waals surface area contributed by atoms with Gasteiger partial charge in [0.1, 0.15) is 5.82 Å². The molecule has 0 aliphatic heterocycles. The maximum atomic E-state index is 12.2. The van der Waals surface area contributed by atoms with Crippen LogP contribution in [0.25, 0.3) is 17.0 Å². The van der Waals surface area contributed by atoms with Crippen molar-refractivity contribution in [1.82, 2.24) is 4.98 Å². The Kier molecular flexibility index (Phi) is 5.77. The van der Waals surface area contributed by atoms with E-state index in [1.807, 2.05) is 49.5 Å². The number of amides is 1. The first-order valence-corrected chi connectivity index (χ1v) is 9.18. The number of pyridine rings is 1. The zero-order valence-electron chi connectivity index (χ0n) is 15.6. The Labute approximate surface area is 164 Å². The summed E-state index contributed by atoms with van der Waals surface area (Å²) in [7, 11) is 2.03. The highest BCUT2D eigenvalue weighted by Crippen LogP contribution is 2.22. The van der Waals surface area contributed by atoms with E-state index in [-0.39, 0.29) is 5.91 Å². The maximum Gasteiger partial charge on any atom is 0.248 e. The van der Waals surface area contributed by atoms with Gasteiger partial charge < -0.3 is 10.2 Å². The summed E-state index contributed by atoms with van der Waals surface area (Å²) in [6, 6.07) is 17.4. The van der Waals surface area contributed by atoms with Crippen LogP contribution < -0.4 is 10.2 Å². The molecule has 4 nitrogen and oxygen atoms in total. The standard InChI is InChI=1S/C22H22ClN3O/c1-15(2)26(3)21-12-7-17-14-19(10-11-20(17)25-21)24-22(27)13-6-16-4-8-18(23)9-5-16/h4-15H,1-3H3,(H,24,27)/b13-6+. The third-order valence-corrected chi connectivity index (χ3v) is 4.63. The van der Waals surface area contributed by atoms with E-state index in [0.29, 0.717) is 11.1 Å². The van der Waals surface area contributed by atoms with E-state index in [2.05, 4.69) is 29.0 Å². The van der Waals surface area contributed by atoms with Gasteiger partial charge in [0.05, 0.1) is 5.52 Å². The lowest BCUT2D eigenvalue weighted by molar-refractivity contribution is -0.111. The van der Waals surface area contributed by atoms with Crippen LogP contribution >= 0.6 is 11.6 Å². The summed E-state index contributed by atoms with van der Waals surface area (Å²) in [5.74, 6) is 0.744. The molecular formula is C22H22ClN3O. The van der Waals surface area contributed by atoms with Gasteiger partial charge in [-0.25, -0.2) is 4.98 Å². The zero-order valence-corrected chi connectivity index (χ0v) is 16.4. The summed E-state index contributed by atoms with van der Waals surface area (Å²) in [4.78, 5) is 19.0. The van der Waals surface area contributed by atoms with Crippen LogP contribution in [0.4, 0.5) is 11.5 Å². The van der Waals surface area contributed by atoms with E-state index >= 15 is 0 Å². The van der Waals surface area contributed by atoms with Gasteiger partial charge in [-0.2, -0.15) is 0 Å². The molecule has 3 rings (SSSR count). The summed E-state index contributed by atoms with van der Waals surface area (Å²) >= 11 is 5.86. The number of fused-ring (bicyclic) bond motifs is 1. The molecule has 0 atom stereocenters. The van der Waals surface area contributed by atoms with Gasteiger partial charge in [0.25, 0.3) is 0 Å². The van der Waals surface area contributed by atoms with Gasteiger partial charge in [0.15, 0.2) is 0 Å². The van der Waals surface area contributed by atoms with Crippen LogP contribution in [-0.4, -0.2) is 24.0 Å². The van der Waals surface area contributed by atoms with Crippen LogP contribution in [0.5, 0.6) is 0 Å². The van der Waals surface area contributed by atoms with Gasteiger partial charge in [-0.1, -0.05) is 23.7 Å². The Morgan fingerprint density at radius 2 is 1.85 bits per heavy atom. The topological polar surface area (TPSA) is 45.2 Å². The fourth-order valence-electron chi connectivity index (χ4n) is 2.58. The predicted octanol–water partition coefficient (Wildman–Crippen LogP) is 5.38. The molecule has 1 heterocycles. The largest absolute Gasteiger partial charge is 0.357 e. The Morgan fingerprint density at radius 3 is 2.56 bits per heavy atom. The van der Waals surface area contributed by atoms with Crippen molar-refractivity contribution in [3.05, 3.63) is 71.3 Å². The monoisotopic (exact) mass is 379 g/mol. The molecule has 0 fully saturated rings. The Hall–Kier alpha value is -2.85. The quantitative estimate of drug-likeness (QED) is 0.605. The zero-order chi connectivity index (χ0) is 19.4. The number of aromatic nitrogens is 1. The number of carbonyl (C=O) groups excluding carboxylic acids is 1. The third-order valence-electron chi connectivity index (χ3n) is 4.38. The summed E-state index contributed by atoms with van der Waals surface area (Å²) in [5, 5.41) is 4.53. The molecular weight excluding hydrogens is 358 g/mol. The molecule has 0 saturated heterocycles. The number of benzene rings is 2. The minimum atomic E-state index is -0.187. The van der Waals surface area contributed by atoms with Crippen molar-refractivity contribution in [1.29, 1.82) is 0 Å². The number of nitrogens with zero attached hydrogens (tertiary/aromatic N) is 2. The Bertz CT molecular complexity index is 981. The van der Waals surface area contributed by atoms with Crippen LogP contribution in [0.1, 0.15) is 19.4 Å². The van der Waals surface area contributed by atoms with Crippen molar-refractivity contribution < 1.29 is 4.79 Å². The van der Waals surface area contributed by atoms with Crippen LogP contribution in [0.15, 0.2) is 60.7 Å². The van der Waals surface area contributed by atoms with Gasteiger partial charge in [-0.15, -0.1) is 0 Å². The number of carbonyl (C=O) groups is 1. The predicted molar refractivity (Wildman–Crippen MR) is 114 cm³/mol. The van der Waals surface area contributed by atoms with Crippen molar-refractivity contribution >= 4 is 46.0 Å². The first kappa shape index (κ1) is 18.9. The fraction of sp³-hybridized carbons (Fsp3) is 0.182. The van der Waals surface area contributed by atoms with Gasteiger partial charge in [-0.05, 0) is 68.0 Å². The van der Waals surface area contributed by atoms with Gasteiger partial charge in [0.2, 0.25) is 5.91 Å². The summed E-state index contributed by atoms with van der Waals surface area (Å²) in [6.45, 7) is 4.25. The molecule has 0 aliphatic carbocycles. The lowest BCUT2D eigenvalue weighted by atomic mass is 10.2. The molecule has 2 aromatic carbocycles. The molecule has 1 aromatic heterocycles. The first-order valence-electron chi connectivity index (χ1n) is 8.80. The number of hydrogen-bond donors (Lipinski definition) is 1. The van der Waals surface area contributed by atoms with Gasteiger partial charge >= 0.3 is 0 Å². The lowest BCUT2D eigenvalue weighted by Gasteiger charge is -2.22. The second-order valence-corrected chi connectivity index (χ2v) is 7.09. The van der Waals surface area contributed by atoms with Crippen LogP contribution in [-0.2, 0) is 4.79 Å². The summed E-state index contributed by atoms with van der Waals surface area (Å²) < 4.78 is 0. The molecule has 27 heavy (non-hydrogen) atoms. The Morgan fingerprint density at radius 1 is 1.11 bits per heavy atom. The second-order valence-electron chi connectivity index (χ2n) is 6.66. The highest BCUT2D eigenvalue weighted by atomic mass is 35.5. The van der Waals surface area contributed by atoms with Crippen LogP contribution in [0.3, 0.4) is 0 Å². The van der Waals surface area contributed by atoms with Crippen molar-refractivity contribution in [3.63, 3.8) is 0 Å². The highest BCUT2D eigenvalue weighted by molar-refractivity contribution is 6.30. The molecule has 0 bridgehead atoms. The number of hydrogen-bond acceptors (Lipinski definition) is 3. The molecule has 0 unspecified atom stereocenters. The van der Waals surface area contributed by atoms with E-state index in [1.165, 1.54) is 6.08 Å². The van der Waals surface area contributed by atoms with Crippen molar-refractivity contribution in [2.45, 2.75) is 19.9 Å². The average molecular weight is 380 g/mol. The molecule has 0 saturated carbocycles. The van der Waals surface area contributed by atoms with Crippen molar-refractivity contribution in [2.75, 3.05) is 17.3 Å². The summed E-state index contributed by atoms with van der Waals surface area (Å²) in [5.41, 5.74) is 2.55. The Balaban J connectivity index is 1.72. The molecule has 138 valence electrons. The fourth-order valence-corrected chi connectivity index (χ4v) is 2.71. The van der Waals surface area contributed by atoms with E-state index in [4.69, 9.17) is 11.6 Å². The minimum absolute atomic E-state index is 0.187. The van der Waals surface area contributed by atoms with Crippen molar-refractivity contribution in [2.24, 2.45) is 0 Å². The molecule has 1 amide bonds. The molecule has 1 N–H and O–H groups in total. The van der Waals surface area contributed by atoms with E-state index in [9.17, 15) is 4.79 Å². The molecule has 3 aromatic rings. The smallest absolute Gasteiger partial charge is 0.248 e. The molecule has 0 radical (unpaired) electrons. The number of halogens is 1. The van der Waals surface area contributed by atoms with Crippen molar-refractivity contribution in [3.8, 4) is 0 Å². The van der Waals surface area contributed by atoms with E-state index in [0.717, 1.165) is 28.0 Å². The highest BCUT2D eigenvalue weighted by Gasteiger charge is 2.08. The van der Waals surface area contributed by atoms with Crippen LogP contribution in [0, 0.1) is 0 Å². The molecule has 0 spiro atoms. The first-order chi connectivity index (χ1) is 12.9. The normalized spacial score (nSPS) is 11.3.